The summed E-state index contributed by atoms with van der Waals surface area (Å²) in [6, 6.07) is 2.40. The number of benzene rings is 1. The van der Waals surface area contributed by atoms with E-state index in [2.05, 4.69) is 25.9 Å². The quantitative estimate of drug-likeness (QED) is 0.808. The summed E-state index contributed by atoms with van der Waals surface area (Å²) in [6.45, 7) is 0. The van der Waals surface area contributed by atoms with Crippen molar-refractivity contribution in [2.45, 2.75) is 11.5 Å². The smallest absolute Gasteiger partial charge is 0.255 e. The Morgan fingerprint density at radius 2 is 2.11 bits per heavy atom. The number of nitrogens with zero attached hydrogens (tertiary/aromatic N) is 1. The minimum atomic E-state index is -0.991. The van der Waals surface area contributed by atoms with Gasteiger partial charge in [-0.25, -0.2) is 13.8 Å². The van der Waals surface area contributed by atoms with Crippen molar-refractivity contribution in [3.8, 4) is 11.4 Å². The van der Waals surface area contributed by atoms with Crippen LogP contribution in [0, 0.1) is 11.6 Å². The van der Waals surface area contributed by atoms with Crippen LogP contribution in [0.4, 0.5) is 8.78 Å². The van der Waals surface area contributed by atoms with E-state index >= 15 is 0 Å². The number of rotatable bonds is 1. The highest BCUT2D eigenvalue weighted by atomic mass is 79.9. The zero-order chi connectivity index (χ0) is 13.6. The summed E-state index contributed by atoms with van der Waals surface area (Å²) in [6.07, 6.45) is 0. The second-order valence-corrected chi connectivity index (χ2v) is 5.83. The standard InChI is InChI=1S/C12H7BrF2N2OS/c13-9-5(1-2-7(14)10(9)15)11-16-8-4-19-3-6(8)12(18)17-11/h1-2H,3-4H2,(H,16,17,18). The first-order valence-corrected chi connectivity index (χ1v) is 7.36. The fourth-order valence-corrected chi connectivity index (χ4v) is 3.44. The fourth-order valence-electron chi connectivity index (χ4n) is 1.90. The van der Waals surface area contributed by atoms with Gasteiger partial charge in [0.2, 0.25) is 0 Å². The molecule has 0 unspecified atom stereocenters. The lowest BCUT2D eigenvalue weighted by Gasteiger charge is -2.07. The summed E-state index contributed by atoms with van der Waals surface area (Å²) >= 11 is 4.59. The molecule has 1 aromatic carbocycles. The lowest BCUT2D eigenvalue weighted by atomic mass is 10.2. The van der Waals surface area contributed by atoms with Gasteiger partial charge in [-0.15, -0.1) is 0 Å². The average Bonchev–Trinajstić information content (AvgIpc) is 2.85. The molecule has 1 aromatic heterocycles. The predicted octanol–water partition coefficient (Wildman–Crippen LogP) is 3.22. The third-order valence-corrected chi connectivity index (χ3v) is 4.62. The highest BCUT2D eigenvalue weighted by Crippen LogP contribution is 2.31. The van der Waals surface area contributed by atoms with Gasteiger partial charge in [0, 0.05) is 22.6 Å². The SMILES string of the molecule is O=c1[nH]c(-c2ccc(F)c(F)c2Br)nc2c1CSC2. The van der Waals surface area contributed by atoms with Crippen molar-refractivity contribution in [2.75, 3.05) is 0 Å². The first kappa shape index (κ1) is 12.8. The van der Waals surface area contributed by atoms with Crippen LogP contribution in [0.2, 0.25) is 0 Å². The van der Waals surface area contributed by atoms with Crippen LogP contribution in [0.3, 0.4) is 0 Å². The fraction of sp³-hybridized carbons (Fsp3) is 0.167. The molecule has 7 heteroatoms. The maximum absolute atomic E-state index is 13.5. The Hall–Kier alpha value is -1.21. The Bertz CT molecular complexity index is 732. The molecule has 0 aliphatic carbocycles. The highest BCUT2D eigenvalue weighted by Gasteiger charge is 2.20. The second-order valence-electron chi connectivity index (χ2n) is 4.06. The summed E-state index contributed by atoms with van der Waals surface area (Å²) in [5, 5.41) is 0. The van der Waals surface area contributed by atoms with E-state index in [1.807, 2.05) is 0 Å². The molecule has 0 atom stereocenters. The summed E-state index contributed by atoms with van der Waals surface area (Å²) in [5.74, 6) is -0.397. The third kappa shape index (κ3) is 2.10. The molecule has 98 valence electrons. The Morgan fingerprint density at radius 3 is 2.89 bits per heavy atom. The van der Waals surface area contributed by atoms with Gasteiger partial charge in [-0.3, -0.25) is 4.79 Å². The number of nitrogens with one attached hydrogen (secondary N) is 1. The number of hydrogen-bond acceptors (Lipinski definition) is 3. The van der Waals surface area contributed by atoms with E-state index in [-0.39, 0.29) is 15.9 Å². The van der Waals surface area contributed by atoms with Crippen LogP contribution in [0.5, 0.6) is 0 Å². The van der Waals surface area contributed by atoms with Crippen LogP contribution >= 0.6 is 27.7 Å². The van der Waals surface area contributed by atoms with E-state index in [0.717, 1.165) is 6.07 Å². The van der Waals surface area contributed by atoms with Gasteiger partial charge in [-0.05, 0) is 28.1 Å². The number of halogens is 3. The van der Waals surface area contributed by atoms with E-state index in [1.165, 1.54) is 6.07 Å². The van der Waals surface area contributed by atoms with Crippen LogP contribution in [-0.4, -0.2) is 9.97 Å². The maximum Gasteiger partial charge on any atom is 0.255 e. The Kier molecular flexibility index (Phi) is 3.18. The minimum absolute atomic E-state index is 0.0405. The molecule has 19 heavy (non-hydrogen) atoms. The third-order valence-electron chi connectivity index (χ3n) is 2.88. The van der Waals surface area contributed by atoms with Crippen LogP contribution in [0.15, 0.2) is 21.4 Å². The Labute approximate surface area is 119 Å². The van der Waals surface area contributed by atoms with Gasteiger partial charge in [0.25, 0.3) is 5.56 Å². The second kappa shape index (κ2) is 4.72. The van der Waals surface area contributed by atoms with Crippen molar-refractivity contribution < 1.29 is 8.78 Å². The van der Waals surface area contributed by atoms with Crippen molar-refractivity contribution >= 4 is 27.7 Å². The molecule has 3 nitrogen and oxygen atoms in total. The molecule has 2 heterocycles. The molecule has 0 bridgehead atoms. The molecule has 1 N–H and O–H groups in total. The van der Waals surface area contributed by atoms with Gasteiger partial charge >= 0.3 is 0 Å². The Morgan fingerprint density at radius 1 is 1.32 bits per heavy atom. The molecule has 1 aliphatic rings. The highest BCUT2D eigenvalue weighted by molar-refractivity contribution is 9.10. The molecule has 0 fully saturated rings. The molecule has 1 aliphatic heterocycles. The minimum Gasteiger partial charge on any atom is -0.306 e. The number of hydrogen-bond donors (Lipinski definition) is 1. The zero-order valence-electron chi connectivity index (χ0n) is 9.47. The largest absolute Gasteiger partial charge is 0.306 e. The van der Waals surface area contributed by atoms with Gasteiger partial charge in [0.1, 0.15) is 5.82 Å². The van der Waals surface area contributed by atoms with E-state index in [1.54, 1.807) is 11.8 Å². The van der Waals surface area contributed by atoms with Gasteiger partial charge in [-0.1, -0.05) is 0 Å². The molecule has 2 aromatic rings. The summed E-state index contributed by atoms with van der Waals surface area (Å²) in [7, 11) is 0. The number of aromatic nitrogens is 2. The monoisotopic (exact) mass is 344 g/mol. The maximum atomic E-state index is 13.5. The van der Waals surface area contributed by atoms with Crippen molar-refractivity contribution in [1.29, 1.82) is 0 Å². The predicted molar refractivity (Wildman–Crippen MR) is 72.9 cm³/mol. The summed E-state index contributed by atoms with van der Waals surface area (Å²) in [4.78, 5) is 18.8. The first-order chi connectivity index (χ1) is 9.08. The van der Waals surface area contributed by atoms with Gasteiger partial charge < -0.3 is 4.98 Å². The molecule has 0 amide bonds. The number of aromatic amines is 1. The summed E-state index contributed by atoms with van der Waals surface area (Å²) < 4.78 is 26.5. The number of thioether (sulfide) groups is 1. The van der Waals surface area contributed by atoms with Crippen LogP contribution in [-0.2, 0) is 11.5 Å². The number of fused-ring (bicyclic) bond motifs is 1. The van der Waals surface area contributed by atoms with Crippen LogP contribution in [0.1, 0.15) is 11.3 Å². The van der Waals surface area contributed by atoms with E-state index in [9.17, 15) is 13.6 Å². The van der Waals surface area contributed by atoms with Crippen molar-refractivity contribution in [1.82, 2.24) is 9.97 Å². The van der Waals surface area contributed by atoms with Gasteiger partial charge in [0.05, 0.1) is 10.2 Å². The normalized spacial score (nSPS) is 13.6. The van der Waals surface area contributed by atoms with Crippen LogP contribution in [0.25, 0.3) is 11.4 Å². The van der Waals surface area contributed by atoms with Crippen LogP contribution < -0.4 is 5.56 Å². The first-order valence-electron chi connectivity index (χ1n) is 5.41. The molecule has 0 radical (unpaired) electrons. The van der Waals surface area contributed by atoms with E-state index in [4.69, 9.17) is 0 Å². The lowest BCUT2D eigenvalue weighted by Crippen LogP contribution is -2.15. The molecule has 0 saturated carbocycles. The topological polar surface area (TPSA) is 45.8 Å². The van der Waals surface area contributed by atoms with Crippen molar-refractivity contribution in [3.63, 3.8) is 0 Å². The molecular weight excluding hydrogens is 338 g/mol. The van der Waals surface area contributed by atoms with Gasteiger partial charge in [-0.2, -0.15) is 11.8 Å². The summed E-state index contributed by atoms with van der Waals surface area (Å²) in [5.41, 5.74) is 1.48. The van der Waals surface area contributed by atoms with E-state index in [0.29, 0.717) is 28.3 Å². The molecule has 0 spiro atoms. The van der Waals surface area contributed by atoms with E-state index < -0.39 is 11.6 Å². The zero-order valence-corrected chi connectivity index (χ0v) is 11.9. The van der Waals surface area contributed by atoms with Crippen molar-refractivity contribution in [2.24, 2.45) is 0 Å². The Balaban J connectivity index is 2.21. The van der Waals surface area contributed by atoms with Crippen molar-refractivity contribution in [3.05, 3.63) is 49.9 Å². The lowest BCUT2D eigenvalue weighted by molar-refractivity contribution is 0.504. The average molecular weight is 345 g/mol. The molecule has 0 saturated heterocycles. The molecular formula is C12H7BrF2N2OS. The molecule has 3 rings (SSSR count). The van der Waals surface area contributed by atoms with Gasteiger partial charge in [0.15, 0.2) is 11.6 Å². The number of H-pyrrole nitrogens is 1.